The minimum atomic E-state index is -3.74. The summed E-state index contributed by atoms with van der Waals surface area (Å²) in [5, 5.41) is 1.66. The topological polar surface area (TPSA) is 93.2 Å². The Balaban J connectivity index is 0.974. The fourth-order valence-corrected chi connectivity index (χ4v) is 17.6. The normalized spacial score (nSPS) is 32.4. The highest BCUT2D eigenvalue weighted by molar-refractivity contribution is 8.01. The molecule has 3 saturated carbocycles. The van der Waals surface area contributed by atoms with E-state index >= 15 is 0 Å². The lowest BCUT2D eigenvalue weighted by Gasteiger charge is -2.61. The van der Waals surface area contributed by atoms with Crippen LogP contribution in [0.15, 0.2) is 105 Å². The molecule has 4 aromatic rings. The molecule has 8 unspecified atom stereocenters. The van der Waals surface area contributed by atoms with Gasteiger partial charge in [0.1, 0.15) is 42.6 Å². The van der Waals surface area contributed by atoms with E-state index in [-0.39, 0.29) is 31.7 Å². The van der Waals surface area contributed by atoms with Crippen molar-refractivity contribution in [2.24, 2.45) is 0 Å². The number of benzene rings is 4. The van der Waals surface area contributed by atoms with Crippen LogP contribution in [0.25, 0.3) is 0 Å². The molecule has 7 aliphatic rings. The number of nitrogens with zero attached hydrogens (tertiary/aromatic N) is 2. The van der Waals surface area contributed by atoms with Crippen molar-refractivity contribution in [1.82, 2.24) is 0 Å². The number of rotatable bonds is 2. The number of thioether (sulfide) groups is 2. The third-order valence-corrected chi connectivity index (χ3v) is 20.2. The number of ether oxygens (including phenoxy) is 2. The molecule has 8 atom stereocenters. The maximum Gasteiger partial charge on any atom is 0.214 e. The predicted octanol–water partition coefficient (Wildman–Crippen LogP) is 9.26. The van der Waals surface area contributed by atoms with Gasteiger partial charge in [-0.25, -0.2) is 16.8 Å². The van der Waals surface area contributed by atoms with Crippen LogP contribution in [-0.2, 0) is 19.7 Å². The third kappa shape index (κ3) is 5.14. The smallest absolute Gasteiger partial charge is 0.214 e. The van der Waals surface area contributed by atoms with Crippen LogP contribution in [-0.4, -0.2) is 62.0 Å². The van der Waals surface area contributed by atoms with E-state index in [1.165, 1.54) is 25.7 Å². The van der Waals surface area contributed by atoms with E-state index in [4.69, 9.17) is 9.47 Å². The summed E-state index contributed by atoms with van der Waals surface area (Å²) in [6, 6.07) is 26.8. The molecule has 0 N–H and O–H groups in total. The van der Waals surface area contributed by atoms with Crippen LogP contribution in [0.5, 0.6) is 23.0 Å². The molecule has 12 heteroatoms. The van der Waals surface area contributed by atoms with Crippen molar-refractivity contribution >= 4 is 54.6 Å². The lowest BCUT2D eigenvalue weighted by molar-refractivity contribution is 0.287. The van der Waals surface area contributed by atoms with Gasteiger partial charge in [-0.15, -0.1) is 0 Å². The summed E-state index contributed by atoms with van der Waals surface area (Å²) < 4.78 is 68.4. The molecule has 0 radical (unpaired) electrons. The summed E-state index contributed by atoms with van der Waals surface area (Å²) in [7, 11) is -7.48. The van der Waals surface area contributed by atoms with Crippen molar-refractivity contribution in [3.63, 3.8) is 0 Å². The number of fused-ring (bicyclic) bond motifs is 8. The average molecular weight is 799 g/mol. The molecule has 54 heavy (non-hydrogen) atoms. The Kier molecular flexibility index (Phi) is 7.92. The van der Waals surface area contributed by atoms with E-state index in [0.717, 1.165) is 49.9 Å². The van der Waals surface area contributed by atoms with Gasteiger partial charge in [0.25, 0.3) is 0 Å². The van der Waals surface area contributed by atoms with Gasteiger partial charge in [-0.3, -0.25) is 0 Å². The van der Waals surface area contributed by atoms with Crippen LogP contribution in [0.4, 0.5) is 11.4 Å². The van der Waals surface area contributed by atoms with Crippen molar-refractivity contribution in [3.05, 3.63) is 84.9 Å². The van der Waals surface area contributed by atoms with Crippen LogP contribution < -0.4 is 19.3 Å². The summed E-state index contributed by atoms with van der Waals surface area (Å²) in [5.74, 6) is 1.55. The second-order valence-corrected chi connectivity index (χ2v) is 22.7. The first-order chi connectivity index (χ1) is 26.3. The quantitative estimate of drug-likeness (QED) is 0.169. The molecular weight excluding hydrogens is 757 g/mol. The van der Waals surface area contributed by atoms with E-state index in [2.05, 4.69) is 45.5 Å². The highest BCUT2D eigenvalue weighted by Crippen LogP contribution is 2.56. The highest BCUT2D eigenvalue weighted by atomic mass is 32.2. The molecule has 4 heterocycles. The van der Waals surface area contributed by atoms with Crippen LogP contribution in [0.2, 0.25) is 0 Å². The van der Waals surface area contributed by atoms with Crippen molar-refractivity contribution in [2.75, 3.05) is 9.80 Å². The zero-order chi connectivity index (χ0) is 36.3. The summed E-state index contributed by atoms with van der Waals surface area (Å²) >= 11 is 4.36. The number of para-hydroxylation sites is 2. The van der Waals surface area contributed by atoms with E-state index in [1.807, 2.05) is 24.3 Å². The standard InChI is InChI=1S/C42H42N2O6S4/c45-53(46)39-15-7-3-11-31(39)49-33-19-17-25(21-41(33)53)43-27-9-1-5-13-35(27)51-37-24-30-38(23-29(37)43)52-36-14-6-2-10-28(36)44(30)26-18-20-34-42(22-26)54(47,48)40-16-8-4-12-32(40)50-34/h3-4,7-8,11-12,15-22,27-30,35-38H,1-2,5-6,9-10,13-14,23-24H2. The highest BCUT2D eigenvalue weighted by Gasteiger charge is 2.54. The zero-order valence-electron chi connectivity index (χ0n) is 29.7. The minimum Gasteiger partial charge on any atom is -0.455 e. The van der Waals surface area contributed by atoms with E-state index in [0.29, 0.717) is 56.1 Å². The molecule has 0 spiro atoms. The Morgan fingerprint density at radius 3 is 1.33 bits per heavy atom. The fraction of sp³-hybridized carbons (Fsp3) is 0.429. The molecule has 8 nitrogen and oxygen atoms in total. The second kappa shape index (κ2) is 12.6. The fourth-order valence-electron chi connectivity index (χ4n) is 10.7. The average Bonchev–Trinajstić information content (AvgIpc) is 3.18. The summed E-state index contributed by atoms with van der Waals surface area (Å²) in [5.41, 5.74) is 1.97. The van der Waals surface area contributed by atoms with Gasteiger partial charge in [0.2, 0.25) is 19.7 Å². The van der Waals surface area contributed by atoms with Gasteiger partial charge in [0.05, 0.1) is 0 Å². The van der Waals surface area contributed by atoms with Crippen LogP contribution in [0, 0.1) is 0 Å². The first kappa shape index (κ1) is 34.0. The molecule has 3 aliphatic carbocycles. The van der Waals surface area contributed by atoms with E-state index in [9.17, 15) is 16.8 Å². The SMILES string of the molecule is O=S1(=O)c2ccccc2Oc2ccc(N3C4CCCCC4SC4CC5C(CC43)SC3CCCCC3N5c3ccc4c(c3)S(=O)(=O)c3ccccc3O4)cc21. The Hall–Kier alpha value is -3.32. The van der Waals surface area contributed by atoms with Crippen LogP contribution in [0.1, 0.15) is 64.2 Å². The second-order valence-electron chi connectivity index (χ2n) is 15.9. The van der Waals surface area contributed by atoms with Crippen LogP contribution >= 0.6 is 23.5 Å². The van der Waals surface area contributed by atoms with Gasteiger partial charge in [0.15, 0.2) is 0 Å². The lowest BCUT2D eigenvalue weighted by Crippen LogP contribution is -2.67. The van der Waals surface area contributed by atoms with Crippen LogP contribution in [0.3, 0.4) is 0 Å². The monoisotopic (exact) mass is 798 g/mol. The molecule has 0 aromatic heterocycles. The molecule has 4 aromatic carbocycles. The Morgan fingerprint density at radius 1 is 0.463 bits per heavy atom. The van der Waals surface area contributed by atoms with E-state index in [1.54, 1.807) is 48.5 Å². The Labute approximate surface area is 325 Å². The molecule has 2 saturated heterocycles. The van der Waals surface area contributed by atoms with Gasteiger partial charge in [-0.1, -0.05) is 49.9 Å². The van der Waals surface area contributed by atoms with Crippen molar-refractivity contribution in [2.45, 2.75) is 129 Å². The molecule has 0 bridgehead atoms. The van der Waals surface area contributed by atoms with Gasteiger partial charge < -0.3 is 19.3 Å². The number of anilines is 2. The van der Waals surface area contributed by atoms with Gasteiger partial charge in [-0.05, 0) is 99.2 Å². The number of sulfone groups is 2. The maximum atomic E-state index is 14.0. The van der Waals surface area contributed by atoms with Gasteiger partial charge in [0, 0.05) is 56.5 Å². The molecule has 5 fully saturated rings. The molecule has 0 amide bonds. The predicted molar refractivity (Wildman–Crippen MR) is 213 cm³/mol. The summed E-state index contributed by atoms with van der Waals surface area (Å²) in [6.07, 6.45) is 11.3. The van der Waals surface area contributed by atoms with Gasteiger partial charge >= 0.3 is 0 Å². The van der Waals surface area contributed by atoms with E-state index < -0.39 is 19.7 Å². The molecule has 280 valence electrons. The van der Waals surface area contributed by atoms with Crippen molar-refractivity contribution in [3.8, 4) is 23.0 Å². The minimum absolute atomic E-state index is 0.226. The lowest BCUT2D eigenvalue weighted by atomic mass is 9.82. The molecule has 11 rings (SSSR count). The summed E-state index contributed by atoms with van der Waals surface area (Å²) in [4.78, 5) is 6.26. The van der Waals surface area contributed by atoms with Crippen molar-refractivity contribution < 1.29 is 26.3 Å². The Bertz CT molecular complexity index is 2240. The molecular formula is C42H42N2O6S4. The summed E-state index contributed by atoms with van der Waals surface area (Å²) in [6.45, 7) is 0. The Morgan fingerprint density at radius 2 is 0.870 bits per heavy atom. The first-order valence-electron chi connectivity index (χ1n) is 19.5. The largest absolute Gasteiger partial charge is 0.455 e. The third-order valence-electron chi connectivity index (χ3n) is 13.0. The van der Waals surface area contributed by atoms with Gasteiger partial charge in [-0.2, -0.15) is 23.5 Å². The molecule has 4 aliphatic heterocycles. The number of hydrogen-bond acceptors (Lipinski definition) is 10. The zero-order valence-corrected chi connectivity index (χ0v) is 33.0. The first-order valence-corrected chi connectivity index (χ1v) is 24.3. The number of hydrogen-bond donors (Lipinski definition) is 0. The maximum absolute atomic E-state index is 14.0. The van der Waals surface area contributed by atoms with Crippen molar-refractivity contribution in [1.29, 1.82) is 0 Å².